The summed E-state index contributed by atoms with van der Waals surface area (Å²) < 4.78 is 13.3. The predicted molar refractivity (Wildman–Crippen MR) is 77.7 cm³/mol. The first kappa shape index (κ1) is 13.0. The van der Waals surface area contributed by atoms with Crippen LogP contribution in [-0.2, 0) is 0 Å². The Balaban J connectivity index is 2.02. The predicted octanol–water partition coefficient (Wildman–Crippen LogP) is 2.61. The molecule has 0 saturated heterocycles. The molecule has 3 N–H and O–H groups in total. The molecule has 0 aliphatic carbocycles. The molecular weight excluding hydrogens is 271 g/mol. The molecule has 0 saturated carbocycles. The molecule has 0 fully saturated rings. The van der Waals surface area contributed by atoms with Crippen LogP contribution in [0.4, 0.5) is 15.9 Å². The fourth-order valence-corrected chi connectivity index (χ4v) is 2.01. The number of rotatable bonds is 3. The molecule has 0 spiro atoms. The van der Waals surface area contributed by atoms with Crippen molar-refractivity contribution in [2.45, 2.75) is 0 Å². The first-order valence-corrected chi connectivity index (χ1v) is 6.21. The minimum atomic E-state index is -0.693. The number of hydrogen-bond donors (Lipinski definition) is 2. The van der Waals surface area contributed by atoms with Crippen molar-refractivity contribution in [2.24, 2.45) is 5.73 Å². The third-order valence-electron chi connectivity index (χ3n) is 3.00. The van der Waals surface area contributed by atoms with Gasteiger partial charge in [0, 0.05) is 17.3 Å². The Hall–Kier alpha value is -3.02. The lowest BCUT2D eigenvalue weighted by atomic mass is 10.2. The quantitative estimate of drug-likeness (QED) is 0.723. The van der Waals surface area contributed by atoms with Gasteiger partial charge in [-0.15, -0.1) is 0 Å². The number of amides is 1. The van der Waals surface area contributed by atoms with E-state index in [0.29, 0.717) is 5.69 Å². The number of hydrogen-bond acceptors (Lipinski definition) is 4. The van der Waals surface area contributed by atoms with E-state index in [1.54, 1.807) is 18.3 Å². The van der Waals surface area contributed by atoms with Crippen LogP contribution in [0.1, 0.15) is 10.4 Å². The zero-order chi connectivity index (χ0) is 14.8. The molecule has 3 aromatic rings. The van der Waals surface area contributed by atoms with Crippen molar-refractivity contribution in [2.75, 3.05) is 5.32 Å². The number of primary amides is 1. The highest BCUT2D eigenvalue weighted by Crippen LogP contribution is 2.22. The summed E-state index contributed by atoms with van der Waals surface area (Å²) in [6.45, 7) is 0. The van der Waals surface area contributed by atoms with Crippen LogP contribution >= 0.6 is 0 Å². The number of fused-ring (bicyclic) bond motifs is 1. The Morgan fingerprint density at radius 2 is 2.05 bits per heavy atom. The Morgan fingerprint density at radius 3 is 2.86 bits per heavy atom. The molecule has 5 nitrogen and oxygen atoms in total. The average Bonchev–Trinajstić information content (AvgIpc) is 2.47. The van der Waals surface area contributed by atoms with E-state index >= 15 is 0 Å². The van der Waals surface area contributed by atoms with Crippen LogP contribution in [0.15, 0.2) is 48.7 Å². The maximum atomic E-state index is 13.3. The van der Waals surface area contributed by atoms with E-state index in [1.165, 1.54) is 6.07 Å². The van der Waals surface area contributed by atoms with Gasteiger partial charge in [0.15, 0.2) is 0 Å². The lowest BCUT2D eigenvalue weighted by Gasteiger charge is -2.09. The van der Waals surface area contributed by atoms with Crippen molar-refractivity contribution < 1.29 is 9.18 Å². The number of benzene rings is 1. The number of nitrogens with one attached hydrogen (secondary N) is 1. The molecule has 1 aromatic carbocycles. The van der Waals surface area contributed by atoms with E-state index in [0.717, 1.165) is 17.0 Å². The molecule has 2 heterocycles. The van der Waals surface area contributed by atoms with Gasteiger partial charge in [0.25, 0.3) is 5.91 Å². The van der Waals surface area contributed by atoms with E-state index in [1.807, 2.05) is 18.2 Å². The number of nitrogens with two attached hydrogens (primary N) is 1. The third kappa shape index (κ3) is 2.64. The Kier molecular flexibility index (Phi) is 3.19. The molecule has 0 atom stereocenters. The van der Waals surface area contributed by atoms with E-state index in [2.05, 4.69) is 15.3 Å². The highest BCUT2D eigenvalue weighted by molar-refractivity contribution is 5.98. The molecule has 21 heavy (non-hydrogen) atoms. The van der Waals surface area contributed by atoms with Gasteiger partial charge in [0.1, 0.15) is 5.82 Å². The SMILES string of the molecule is NC(=O)c1ccc(F)nc1Nc1ccc2cccnc2c1. The summed E-state index contributed by atoms with van der Waals surface area (Å²) in [5.74, 6) is -1.29. The van der Waals surface area contributed by atoms with E-state index in [9.17, 15) is 9.18 Å². The van der Waals surface area contributed by atoms with Crippen LogP contribution in [0.5, 0.6) is 0 Å². The highest BCUT2D eigenvalue weighted by Gasteiger charge is 2.11. The number of nitrogens with zero attached hydrogens (tertiary/aromatic N) is 2. The number of halogens is 1. The second-order valence-corrected chi connectivity index (χ2v) is 4.43. The van der Waals surface area contributed by atoms with Crippen molar-refractivity contribution in [1.82, 2.24) is 9.97 Å². The largest absolute Gasteiger partial charge is 0.365 e. The molecule has 0 unspecified atom stereocenters. The van der Waals surface area contributed by atoms with Crippen molar-refractivity contribution in [3.8, 4) is 0 Å². The molecule has 6 heteroatoms. The smallest absolute Gasteiger partial charge is 0.252 e. The van der Waals surface area contributed by atoms with E-state index in [4.69, 9.17) is 5.73 Å². The second kappa shape index (κ2) is 5.16. The van der Waals surface area contributed by atoms with Crippen molar-refractivity contribution in [1.29, 1.82) is 0 Å². The van der Waals surface area contributed by atoms with Gasteiger partial charge in [-0.3, -0.25) is 9.78 Å². The number of anilines is 2. The van der Waals surface area contributed by atoms with Crippen molar-refractivity contribution in [3.05, 3.63) is 60.2 Å². The zero-order valence-electron chi connectivity index (χ0n) is 10.9. The molecule has 0 aliphatic heterocycles. The van der Waals surface area contributed by atoms with E-state index in [-0.39, 0.29) is 11.4 Å². The van der Waals surface area contributed by atoms with Crippen LogP contribution in [-0.4, -0.2) is 15.9 Å². The maximum Gasteiger partial charge on any atom is 0.252 e. The minimum Gasteiger partial charge on any atom is -0.365 e. The van der Waals surface area contributed by atoms with Gasteiger partial charge in [-0.05, 0) is 30.3 Å². The summed E-state index contributed by atoms with van der Waals surface area (Å²) in [5.41, 5.74) is 6.80. The van der Waals surface area contributed by atoms with Crippen LogP contribution in [0.2, 0.25) is 0 Å². The summed E-state index contributed by atoms with van der Waals surface area (Å²) in [6.07, 6.45) is 1.68. The zero-order valence-corrected chi connectivity index (χ0v) is 10.9. The Labute approximate surface area is 119 Å². The highest BCUT2D eigenvalue weighted by atomic mass is 19.1. The first-order chi connectivity index (χ1) is 10.1. The average molecular weight is 282 g/mol. The molecule has 3 rings (SSSR count). The summed E-state index contributed by atoms with van der Waals surface area (Å²) in [5, 5.41) is 3.87. The summed E-state index contributed by atoms with van der Waals surface area (Å²) in [4.78, 5) is 19.2. The lowest BCUT2D eigenvalue weighted by Crippen LogP contribution is -2.14. The second-order valence-electron chi connectivity index (χ2n) is 4.43. The molecule has 0 radical (unpaired) electrons. The van der Waals surface area contributed by atoms with Crippen molar-refractivity contribution in [3.63, 3.8) is 0 Å². The van der Waals surface area contributed by atoms with Crippen LogP contribution in [0.3, 0.4) is 0 Å². The number of carbonyl (C=O) groups is 1. The molecule has 0 aliphatic rings. The monoisotopic (exact) mass is 282 g/mol. The Morgan fingerprint density at radius 1 is 1.19 bits per heavy atom. The van der Waals surface area contributed by atoms with Gasteiger partial charge in [-0.2, -0.15) is 4.39 Å². The topological polar surface area (TPSA) is 80.9 Å². The summed E-state index contributed by atoms with van der Waals surface area (Å²) in [7, 11) is 0. The molecular formula is C15H11FN4O. The van der Waals surface area contributed by atoms with Crippen LogP contribution in [0.25, 0.3) is 10.9 Å². The fraction of sp³-hybridized carbons (Fsp3) is 0. The molecule has 104 valence electrons. The normalized spacial score (nSPS) is 10.5. The first-order valence-electron chi connectivity index (χ1n) is 6.21. The minimum absolute atomic E-state index is 0.0813. The Bertz CT molecular complexity index is 835. The maximum absolute atomic E-state index is 13.3. The van der Waals surface area contributed by atoms with Gasteiger partial charge in [0.05, 0.1) is 11.1 Å². The lowest BCUT2D eigenvalue weighted by molar-refractivity contribution is 0.100. The van der Waals surface area contributed by atoms with Gasteiger partial charge in [-0.1, -0.05) is 12.1 Å². The van der Waals surface area contributed by atoms with Crippen LogP contribution < -0.4 is 11.1 Å². The molecule has 0 bridgehead atoms. The molecule has 2 aromatic heterocycles. The molecule has 1 amide bonds. The van der Waals surface area contributed by atoms with E-state index < -0.39 is 11.9 Å². The number of pyridine rings is 2. The van der Waals surface area contributed by atoms with Gasteiger partial charge >= 0.3 is 0 Å². The summed E-state index contributed by atoms with van der Waals surface area (Å²) in [6, 6.07) is 11.6. The fourth-order valence-electron chi connectivity index (χ4n) is 2.01. The summed E-state index contributed by atoms with van der Waals surface area (Å²) >= 11 is 0. The van der Waals surface area contributed by atoms with Gasteiger partial charge in [0.2, 0.25) is 5.95 Å². The van der Waals surface area contributed by atoms with Gasteiger partial charge < -0.3 is 11.1 Å². The standard InChI is InChI=1S/C15H11FN4O/c16-13-6-5-11(14(17)21)15(20-13)19-10-4-3-9-2-1-7-18-12(9)8-10/h1-8H,(H2,17,21)(H,19,20). The van der Waals surface area contributed by atoms with Gasteiger partial charge in [-0.25, -0.2) is 4.98 Å². The number of carbonyl (C=O) groups excluding carboxylic acids is 1. The van der Waals surface area contributed by atoms with Crippen molar-refractivity contribution >= 4 is 28.3 Å². The third-order valence-corrected chi connectivity index (χ3v) is 3.00. The number of aromatic nitrogens is 2. The van der Waals surface area contributed by atoms with Crippen LogP contribution in [0, 0.1) is 5.95 Å².